The smallest absolute Gasteiger partial charge is 0.326 e. The summed E-state index contributed by atoms with van der Waals surface area (Å²) in [6, 6.07) is 7.02. The molecule has 1 fully saturated rings. The zero-order valence-electron chi connectivity index (χ0n) is 11.8. The van der Waals surface area contributed by atoms with Gasteiger partial charge in [0.15, 0.2) is 0 Å². The van der Waals surface area contributed by atoms with Gasteiger partial charge < -0.3 is 14.7 Å². The number of carbonyl (C=O) groups is 2. The van der Waals surface area contributed by atoms with Gasteiger partial charge in [0.2, 0.25) is 5.91 Å². The molecule has 1 aromatic carbocycles. The van der Waals surface area contributed by atoms with Gasteiger partial charge in [-0.25, -0.2) is 4.79 Å². The van der Waals surface area contributed by atoms with E-state index in [1.807, 2.05) is 24.3 Å². The van der Waals surface area contributed by atoms with E-state index in [2.05, 4.69) is 0 Å². The number of piperidine rings is 1. The number of ether oxygens (including phenoxy) is 1. The van der Waals surface area contributed by atoms with Crippen molar-refractivity contribution in [2.75, 3.05) is 13.2 Å². The molecule has 2 unspecified atom stereocenters. The van der Waals surface area contributed by atoms with Crippen molar-refractivity contribution in [2.24, 2.45) is 5.92 Å². The van der Waals surface area contributed by atoms with Crippen molar-refractivity contribution in [3.8, 4) is 5.75 Å². The summed E-state index contributed by atoms with van der Waals surface area (Å²) in [4.78, 5) is 25.5. The lowest BCUT2D eigenvalue weighted by Gasteiger charge is -2.36. The van der Waals surface area contributed by atoms with Crippen LogP contribution in [-0.2, 0) is 16.0 Å². The molecule has 2 aliphatic rings. The van der Waals surface area contributed by atoms with Crippen LogP contribution in [0.15, 0.2) is 24.3 Å². The zero-order valence-corrected chi connectivity index (χ0v) is 11.8. The number of nitrogens with zero attached hydrogens (tertiary/aromatic N) is 1. The zero-order chi connectivity index (χ0) is 14.8. The average molecular weight is 289 g/mol. The first-order valence-electron chi connectivity index (χ1n) is 7.41. The largest absolute Gasteiger partial charge is 0.492 e. The van der Waals surface area contributed by atoms with Crippen molar-refractivity contribution < 1.29 is 19.4 Å². The SMILES string of the molecule is O=C(O)C1CCCCN1C(=O)C1COc2ccccc2C1. The maximum atomic E-state index is 12.7. The summed E-state index contributed by atoms with van der Waals surface area (Å²) >= 11 is 0. The normalized spacial score (nSPS) is 24.9. The van der Waals surface area contributed by atoms with Crippen molar-refractivity contribution in [2.45, 2.75) is 31.7 Å². The number of aliphatic carboxylic acids is 1. The molecule has 112 valence electrons. The van der Waals surface area contributed by atoms with E-state index in [0.29, 0.717) is 26.0 Å². The second-order valence-electron chi connectivity index (χ2n) is 5.70. The number of hydrogen-bond donors (Lipinski definition) is 1. The van der Waals surface area contributed by atoms with Gasteiger partial charge in [-0.05, 0) is 37.3 Å². The Hall–Kier alpha value is -2.04. The van der Waals surface area contributed by atoms with Gasteiger partial charge >= 0.3 is 5.97 Å². The number of carboxylic acids is 1. The van der Waals surface area contributed by atoms with Crippen LogP contribution in [0.5, 0.6) is 5.75 Å². The number of carbonyl (C=O) groups excluding carboxylic acids is 1. The molecule has 0 bridgehead atoms. The lowest BCUT2D eigenvalue weighted by molar-refractivity contribution is -0.154. The van der Waals surface area contributed by atoms with E-state index in [4.69, 9.17) is 4.74 Å². The predicted molar refractivity (Wildman–Crippen MR) is 76.1 cm³/mol. The first kappa shape index (κ1) is 13.9. The summed E-state index contributed by atoms with van der Waals surface area (Å²) in [5.74, 6) is -0.438. The average Bonchev–Trinajstić information content (AvgIpc) is 2.53. The molecule has 1 saturated heterocycles. The monoisotopic (exact) mass is 289 g/mol. The highest BCUT2D eigenvalue weighted by Crippen LogP contribution is 2.29. The quantitative estimate of drug-likeness (QED) is 0.900. The molecule has 5 nitrogen and oxygen atoms in total. The Morgan fingerprint density at radius 2 is 2.05 bits per heavy atom. The van der Waals surface area contributed by atoms with E-state index >= 15 is 0 Å². The van der Waals surface area contributed by atoms with Gasteiger partial charge in [-0.1, -0.05) is 18.2 Å². The van der Waals surface area contributed by atoms with E-state index in [0.717, 1.165) is 24.2 Å². The molecule has 2 heterocycles. The van der Waals surface area contributed by atoms with Crippen molar-refractivity contribution in [1.29, 1.82) is 0 Å². The lowest BCUT2D eigenvalue weighted by Crippen LogP contribution is -2.51. The van der Waals surface area contributed by atoms with Gasteiger partial charge in [0, 0.05) is 6.54 Å². The van der Waals surface area contributed by atoms with E-state index in [9.17, 15) is 14.7 Å². The second-order valence-corrected chi connectivity index (χ2v) is 5.70. The fourth-order valence-corrected chi connectivity index (χ4v) is 3.17. The van der Waals surface area contributed by atoms with E-state index in [-0.39, 0.29) is 11.8 Å². The van der Waals surface area contributed by atoms with Gasteiger partial charge in [0.25, 0.3) is 0 Å². The Balaban J connectivity index is 1.75. The van der Waals surface area contributed by atoms with Gasteiger partial charge in [-0.3, -0.25) is 4.79 Å². The molecule has 5 heteroatoms. The topological polar surface area (TPSA) is 66.8 Å². The van der Waals surface area contributed by atoms with Crippen LogP contribution in [0.3, 0.4) is 0 Å². The summed E-state index contributed by atoms with van der Waals surface area (Å²) in [5, 5.41) is 9.29. The summed E-state index contributed by atoms with van der Waals surface area (Å²) in [6.45, 7) is 0.868. The molecule has 3 rings (SSSR count). The van der Waals surface area contributed by atoms with Crippen molar-refractivity contribution in [3.05, 3.63) is 29.8 Å². The van der Waals surface area contributed by atoms with Crippen LogP contribution in [0.4, 0.5) is 0 Å². The Morgan fingerprint density at radius 1 is 1.24 bits per heavy atom. The van der Waals surface area contributed by atoms with Gasteiger partial charge in [0.1, 0.15) is 18.4 Å². The molecular formula is C16H19NO4. The van der Waals surface area contributed by atoms with E-state index in [1.54, 1.807) is 0 Å². The van der Waals surface area contributed by atoms with Crippen LogP contribution in [0.25, 0.3) is 0 Å². The minimum absolute atomic E-state index is 0.0865. The third-order valence-corrected chi connectivity index (χ3v) is 4.30. The molecule has 0 aliphatic carbocycles. The van der Waals surface area contributed by atoms with Crippen molar-refractivity contribution in [1.82, 2.24) is 4.90 Å². The van der Waals surface area contributed by atoms with E-state index < -0.39 is 12.0 Å². The molecule has 1 aromatic rings. The summed E-state index contributed by atoms with van der Waals surface area (Å²) in [5.41, 5.74) is 1.02. The summed E-state index contributed by atoms with van der Waals surface area (Å²) < 4.78 is 5.65. The lowest BCUT2D eigenvalue weighted by atomic mass is 9.93. The number of hydrogen-bond acceptors (Lipinski definition) is 3. The summed E-state index contributed by atoms with van der Waals surface area (Å²) in [6.07, 6.45) is 2.91. The number of likely N-dealkylation sites (tertiary alicyclic amines) is 1. The van der Waals surface area contributed by atoms with Crippen LogP contribution in [-0.4, -0.2) is 41.1 Å². The third-order valence-electron chi connectivity index (χ3n) is 4.30. The number of carboxylic acid groups (broad SMARTS) is 1. The van der Waals surface area contributed by atoms with Gasteiger partial charge in [0.05, 0.1) is 5.92 Å². The molecule has 21 heavy (non-hydrogen) atoms. The van der Waals surface area contributed by atoms with Crippen LogP contribution >= 0.6 is 0 Å². The molecular weight excluding hydrogens is 270 g/mol. The maximum absolute atomic E-state index is 12.7. The molecule has 0 spiro atoms. The number of para-hydroxylation sites is 1. The molecule has 0 radical (unpaired) electrons. The highest BCUT2D eigenvalue weighted by Gasteiger charge is 2.37. The Bertz CT molecular complexity index is 557. The van der Waals surface area contributed by atoms with Gasteiger partial charge in [-0.15, -0.1) is 0 Å². The van der Waals surface area contributed by atoms with Crippen molar-refractivity contribution >= 4 is 11.9 Å². The first-order valence-corrected chi connectivity index (χ1v) is 7.41. The molecule has 2 aliphatic heterocycles. The fourth-order valence-electron chi connectivity index (χ4n) is 3.17. The molecule has 2 atom stereocenters. The number of benzene rings is 1. The number of fused-ring (bicyclic) bond motifs is 1. The number of amides is 1. The molecule has 1 amide bonds. The molecule has 1 N–H and O–H groups in total. The highest BCUT2D eigenvalue weighted by atomic mass is 16.5. The first-order chi connectivity index (χ1) is 10.2. The summed E-state index contributed by atoms with van der Waals surface area (Å²) in [7, 11) is 0. The maximum Gasteiger partial charge on any atom is 0.326 e. The van der Waals surface area contributed by atoms with Crippen LogP contribution < -0.4 is 4.74 Å². The Morgan fingerprint density at radius 3 is 2.86 bits per heavy atom. The van der Waals surface area contributed by atoms with Crippen molar-refractivity contribution in [3.63, 3.8) is 0 Å². The number of rotatable bonds is 2. The minimum atomic E-state index is -0.903. The van der Waals surface area contributed by atoms with Crippen LogP contribution in [0, 0.1) is 5.92 Å². The Kier molecular flexibility index (Phi) is 3.82. The molecule has 0 aromatic heterocycles. The minimum Gasteiger partial charge on any atom is -0.492 e. The standard InChI is InChI=1S/C16H19NO4/c18-15(17-8-4-3-6-13(17)16(19)20)12-9-11-5-1-2-7-14(11)21-10-12/h1-2,5,7,12-13H,3-4,6,8-10H2,(H,19,20). The third kappa shape index (κ3) is 2.73. The van der Waals surface area contributed by atoms with Crippen LogP contribution in [0.1, 0.15) is 24.8 Å². The predicted octanol–water partition coefficient (Wildman–Crippen LogP) is 1.70. The molecule has 0 saturated carbocycles. The van der Waals surface area contributed by atoms with Crippen LogP contribution in [0.2, 0.25) is 0 Å². The highest BCUT2D eigenvalue weighted by molar-refractivity contribution is 5.85. The second kappa shape index (κ2) is 5.76. The fraction of sp³-hybridized carbons (Fsp3) is 0.500. The Labute approximate surface area is 123 Å². The van der Waals surface area contributed by atoms with E-state index in [1.165, 1.54) is 4.90 Å². The van der Waals surface area contributed by atoms with Gasteiger partial charge in [-0.2, -0.15) is 0 Å².